The summed E-state index contributed by atoms with van der Waals surface area (Å²) < 4.78 is 0. The van der Waals surface area contributed by atoms with Crippen LogP contribution >= 0.6 is 11.8 Å². The SMILES string of the molecule is C(=C1\Nc2ccccc2S1)/c1ccnc2ccccc12. The number of nitrogens with zero attached hydrogens (tertiary/aromatic N) is 1. The van der Waals surface area contributed by atoms with Crippen LogP contribution in [0.2, 0.25) is 0 Å². The Morgan fingerprint density at radius 1 is 0.950 bits per heavy atom. The predicted molar refractivity (Wildman–Crippen MR) is 85.6 cm³/mol. The summed E-state index contributed by atoms with van der Waals surface area (Å²) >= 11 is 1.77. The highest BCUT2D eigenvalue weighted by molar-refractivity contribution is 8.03. The van der Waals surface area contributed by atoms with Gasteiger partial charge >= 0.3 is 0 Å². The second-order valence-corrected chi connectivity index (χ2v) is 5.73. The monoisotopic (exact) mass is 276 g/mol. The average molecular weight is 276 g/mol. The molecule has 0 atom stereocenters. The highest BCUT2D eigenvalue weighted by Crippen LogP contribution is 2.41. The first kappa shape index (κ1) is 11.6. The predicted octanol–water partition coefficient (Wildman–Crippen LogP) is 4.75. The first-order valence-electron chi connectivity index (χ1n) is 6.49. The van der Waals surface area contributed by atoms with E-state index in [1.165, 1.54) is 21.5 Å². The van der Waals surface area contributed by atoms with Gasteiger partial charge < -0.3 is 5.32 Å². The number of anilines is 1. The molecule has 0 fully saturated rings. The lowest BCUT2D eigenvalue weighted by molar-refractivity contribution is 1.40. The van der Waals surface area contributed by atoms with Crippen LogP contribution in [0.4, 0.5) is 5.69 Å². The summed E-state index contributed by atoms with van der Waals surface area (Å²) in [7, 11) is 0. The Morgan fingerprint density at radius 3 is 2.75 bits per heavy atom. The van der Waals surface area contributed by atoms with Gasteiger partial charge in [-0.3, -0.25) is 4.98 Å². The molecule has 3 heteroatoms. The van der Waals surface area contributed by atoms with Crippen molar-refractivity contribution >= 4 is 34.4 Å². The van der Waals surface area contributed by atoms with Crippen LogP contribution in [0.15, 0.2) is 70.7 Å². The lowest BCUT2D eigenvalue weighted by Crippen LogP contribution is -1.89. The number of fused-ring (bicyclic) bond motifs is 2. The van der Waals surface area contributed by atoms with Crippen LogP contribution in [-0.2, 0) is 0 Å². The molecule has 0 bridgehead atoms. The zero-order valence-corrected chi connectivity index (χ0v) is 11.5. The molecule has 2 heterocycles. The fourth-order valence-corrected chi connectivity index (χ4v) is 3.35. The van der Waals surface area contributed by atoms with E-state index >= 15 is 0 Å². The van der Waals surface area contributed by atoms with Gasteiger partial charge in [-0.05, 0) is 35.9 Å². The number of thioether (sulfide) groups is 1. The van der Waals surface area contributed by atoms with Crippen molar-refractivity contribution in [2.24, 2.45) is 0 Å². The van der Waals surface area contributed by atoms with Crippen LogP contribution in [-0.4, -0.2) is 4.98 Å². The number of hydrogen-bond donors (Lipinski definition) is 1. The molecule has 2 nitrogen and oxygen atoms in total. The van der Waals surface area contributed by atoms with E-state index in [0.717, 1.165) is 10.5 Å². The van der Waals surface area contributed by atoms with Crippen molar-refractivity contribution in [3.05, 3.63) is 71.4 Å². The second-order valence-electron chi connectivity index (χ2n) is 4.65. The number of benzene rings is 2. The highest BCUT2D eigenvalue weighted by atomic mass is 32.2. The number of rotatable bonds is 1. The topological polar surface area (TPSA) is 24.9 Å². The van der Waals surface area contributed by atoms with Crippen molar-refractivity contribution in [2.75, 3.05) is 5.32 Å². The number of nitrogens with one attached hydrogen (secondary N) is 1. The minimum absolute atomic E-state index is 1.03. The standard InChI is InChI=1S/C17H12N2S/c1-2-6-14-13(5-1)12(9-10-18-14)11-17-19-15-7-3-4-8-16(15)20-17/h1-11,19H/b17-11-. The van der Waals surface area contributed by atoms with Crippen LogP contribution in [0.5, 0.6) is 0 Å². The Labute approximate surface area is 121 Å². The molecule has 0 radical (unpaired) electrons. The first-order chi connectivity index (χ1) is 9.90. The van der Waals surface area contributed by atoms with E-state index in [1.807, 2.05) is 18.3 Å². The number of pyridine rings is 1. The fourth-order valence-electron chi connectivity index (χ4n) is 2.39. The van der Waals surface area contributed by atoms with Crippen molar-refractivity contribution in [3.63, 3.8) is 0 Å². The molecule has 0 amide bonds. The highest BCUT2D eigenvalue weighted by Gasteiger charge is 2.14. The zero-order chi connectivity index (χ0) is 13.4. The van der Waals surface area contributed by atoms with Crippen molar-refractivity contribution in [1.29, 1.82) is 0 Å². The van der Waals surface area contributed by atoms with E-state index in [2.05, 4.69) is 58.8 Å². The van der Waals surface area contributed by atoms with E-state index in [-0.39, 0.29) is 0 Å². The molecule has 1 aliphatic heterocycles. The molecule has 0 unspecified atom stereocenters. The van der Waals surface area contributed by atoms with Gasteiger partial charge in [-0.2, -0.15) is 0 Å². The quantitative estimate of drug-likeness (QED) is 0.694. The molecule has 0 aliphatic carbocycles. The van der Waals surface area contributed by atoms with Crippen LogP contribution in [0.1, 0.15) is 5.56 Å². The molecule has 3 aromatic rings. The van der Waals surface area contributed by atoms with E-state index in [9.17, 15) is 0 Å². The Kier molecular flexibility index (Phi) is 2.71. The minimum Gasteiger partial charge on any atom is -0.349 e. The molecular formula is C17H12N2S. The maximum atomic E-state index is 4.40. The summed E-state index contributed by atoms with van der Waals surface area (Å²) in [5, 5.41) is 5.79. The average Bonchev–Trinajstić information content (AvgIpc) is 2.90. The summed E-state index contributed by atoms with van der Waals surface area (Å²) in [5.74, 6) is 0. The molecule has 96 valence electrons. The lowest BCUT2D eigenvalue weighted by Gasteiger charge is -2.03. The second kappa shape index (κ2) is 4.69. The molecule has 2 aromatic carbocycles. The maximum absolute atomic E-state index is 4.40. The van der Waals surface area contributed by atoms with E-state index < -0.39 is 0 Å². The summed E-state index contributed by atoms with van der Waals surface area (Å²) in [4.78, 5) is 5.67. The molecule has 0 saturated heterocycles. The number of aromatic nitrogens is 1. The van der Waals surface area contributed by atoms with Gasteiger partial charge in [0.1, 0.15) is 0 Å². The van der Waals surface area contributed by atoms with Gasteiger partial charge in [0, 0.05) is 16.5 Å². The van der Waals surface area contributed by atoms with Crippen molar-refractivity contribution in [1.82, 2.24) is 4.98 Å². The third-order valence-corrected chi connectivity index (χ3v) is 4.35. The fraction of sp³-hybridized carbons (Fsp3) is 0. The third-order valence-electron chi connectivity index (χ3n) is 3.33. The molecule has 4 rings (SSSR count). The van der Waals surface area contributed by atoms with Gasteiger partial charge in [-0.15, -0.1) is 0 Å². The molecule has 1 aromatic heterocycles. The van der Waals surface area contributed by atoms with Crippen LogP contribution < -0.4 is 5.32 Å². The molecule has 1 N–H and O–H groups in total. The Bertz CT molecular complexity index is 792. The Balaban J connectivity index is 1.78. The van der Waals surface area contributed by atoms with Gasteiger partial charge in [-0.25, -0.2) is 0 Å². The van der Waals surface area contributed by atoms with Gasteiger partial charge in [0.25, 0.3) is 0 Å². The smallest absolute Gasteiger partial charge is 0.0781 e. The van der Waals surface area contributed by atoms with Crippen LogP contribution in [0, 0.1) is 0 Å². The lowest BCUT2D eigenvalue weighted by atomic mass is 10.1. The van der Waals surface area contributed by atoms with E-state index in [0.29, 0.717) is 0 Å². The van der Waals surface area contributed by atoms with Crippen molar-refractivity contribution in [2.45, 2.75) is 4.90 Å². The molecular weight excluding hydrogens is 264 g/mol. The largest absolute Gasteiger partial charge is 0.349 e. The third kappa shape index (κ3) is 1.96. The van der Waals surface area contributed by atoms with Gasteiger partial charge in [0.2, 0.25) is 0 Å². The normalized spacial score (nSPS) is 15.3. The molecule has 20 heavy (non-hydrogen) atoms. The summed E-state index contributed by atoms with van der Waals surface area (Å²) in [6.45, 7) is 0. The maximum Gasteiger partial charge on any atom is 0.0781 e. The van der Waals surface area contributed by atoms with E-state index in [1.54, 1.807) is 11.8 Å². The number of hydrogen-bond acceptors (Lipinski definition) is 3. The van der Waals surface area contributed by atoms with Crippen LogP contribution in [0.3, 0.4) is 0 Å². The molecule has 0 spiro atoms. The van der Waals surface area contributed by atoms with E-state index in [4.69, 9.17) is 0 Å². The minimum atomic E-state index is 1.03. The summed E-state index contributed by atoms with van der Waals surface area (Å²) in [5.41, 5.74) is 3.41. The summed E-state index contributed by atoms with van der Waals surface area (Å²) in [6, 6.07) is 18.6. The van der Waals surface area contributed by atoms with Crippen molar-refractivity contribution in [3.8, 4) is 0 Å². The van der Waals surface area contributed by atoms with Gasteiger partial charge in [0.05, 0.1) is 16.2 Å². The Morgan fingerprint density at radius 2 is 1.80 bits per heavy atom. The summed E-state index contributed by atoms with van der Waals surface area (Å²) in [6.07, 6.45) is 4.05. The zero-order valence-electron chi connectivity index (χ0n) is 10.7. The Hall–Kier alpha value is -2.26. The molecule has 0 saturated carbocycles. The number of para-hydroxylation sites is 2. The molecule has 1 aliphatic rings. The van der Waals surface area contributed by atoms with Gasteiger partial charge in [-0.1, -0.05) is 42.1 Å². The first-order valence-corrected chi connectivity index (χ1v) is 7.31. The van der Waals surface area contributed by atoms with Gasteiger partial charge in [0.15, 0.2) is 0 Å². The van der Waals surface area contributed by atoms with Crippen molar-refractivity contribution < 1.29 is 0 Å². The van der Waals surface area contributed by atoms with Crippen LogP contribution in [0.25, 0.3) is 17.0 Å².